The Hall–Kier alpha value is -1.05. The van der Waals surface area contributed by atoms with Crippen LogP contribution in [0.5, 0.6) is 5.75 Å². The van der Waals surface area contributed by atoms with Crippen LogP contribution < -0.4 is 10.5 Å². The van der Waals surface area contributed by atoms with Crippen LogP contribution in [0, 0.1) is 0 Å². The molecule has 1 heterocycles. The molecule has 5 nitrogen and oxygen atoms in total. The van der Waals surface area contributed by atoms with Gasteiger partial charge in [-0.15, -0.1) is 11.8 Å². The van der Waals surface area contributed by atoms with E-state index in [9.17, 15) is 0 Å². The van der Waals surface area contributed by atoms with Gasteiger partial charge in [-0.25, -0.2) is 0 Å². The molecule has 0 bridgehead atoms. The molecule has 1 aromatic heterocycles. The molecular weight excluding hydrogens is 318 g/mol. The Kier molecular flexibility index (Phi) is 4.26. The SMILES string of the molecule is COc1c(Br)cc(-c2noc(CN)n2)cc1SC. The number of aromatic nitrogens is 2. The Morgan fingerprint density at radius 2 is 2.28 bits per heavy atom. The molecule has 0 aliphatic carbocycles. The average Bonchev–Trinajstić information content (AvgIpc) is 2.86. The highest BCUT2D eigenvalue weighted by Crippen LogP contribution is 2.38. The fourth-order valence-electron chi connectivity index (χ4n) is 1.50. The van der Waals surface area contributed by atoms with Gasteiger partial charge in [-0.3, -0.25) is 0 Å². The van der Waals surface area contributed by atoms with Gasteiger partial charge in [-0.1, -0.05) is 5.16 Å². The number of nitrogens with zero attached hydrogens (tertiary/aromatic N) is 2. The van der Waals surface area contributed by atoms with Gasteiger partial charge < -0.3 is 15.0 Å². The van der Waals surface area contributed by atoms with Crippen molar-refractivity contribution >= 4 is 27.7 Å². The summed E-state index contributed by atoms with van der Waals surface area (Å²) in [7, 11) is 1.64. The van der Waals surface area contributed by atoms with E-state index in [1.807, 2.05) is 18.4 Å². The maximum Gasteiger partial charge on any atom is 0.240 e. The molecule has 2 rings (SSSR count). The molecular formula is C11H12BrN3O2S. The molecule has 0 amide bonds. The van der Waals surface area contributed by atoms with Gasteiger partial charge in [0.05, 0.1) is 23.0 Å². The number of hydrogen-bond donors (Lipinski definition) is 1. The summed E-state index contributed by atoms with van der Waals surface area (Å²) < 4.78 is 11.2. The Morgan fingerprint density at radius 1 is 1.50 bits per heavy atom. The molecule has 0 radical (unpaired) electrons. The van der Waals surface area contributed by atoms with Gasteiger partial charge in [-0.2, -0.15) is 4.98 Å². The number of hydrogen-bond acceptors (Lipinski definition) is 6. The van der Waals surface area contributed by atoms with Gasteiger partial charge in [0.1, 0.15) is 5.75 Å². The number of methoxy groups -OCH3 is 1. The van der Waals surface area contributed by atoms with Gasteiger partial charge in [0.25, 0.3) is 0 Å². The van der Waals surface area contributed by atoms with E-state index in [1.165, 1.54) is 0 Å². The van der Waals surface area contributed by atoms with Crippen LogP contribution in [-0.4, -0.2) is 23.5 Å². The number of thioether (sulfide) groups is 1. The number of halogens is 1. The van der Waals surface area contributed by atoms with Crippen molar-refractivity contribution in [3.8, 4) is 17.1 Å². The first-order valence-electron chi connectivity index (χ1n) is 5.14. The van der Waals surface area contributed by atoms with Crippen LogP contribution in [0.4, 0.5) is 0 Å². The standard InChI is InChI=1S/C11H12BrN3O2S/c1-16-10-7(12)3-6(4-8(10)18-2)11-14-9(5-13)17-15-11/h3-4H,5,13H2,1-2H3. The quantitative estimate of drug-likeness (QED) is 0.869. The number of nitrogens with two attached hydrogens (primary N) is 1. The summed E-state index contributed by atoms with van der Waals surface area (Å²) in [6, 6.07) is 3.85. The largest absolute Gasteiger partial charge is 0.494 e. The minimum absolute atomic E-state index is 0.236. The average molecular weight is 330 g/mol. The number of rotatable bonds is 4. The lowest BCUT2D eigenvalue weighted by Gasteiger charge is -2.09. The summed E-state index contributed by atoms with van der Waals surface area (Å²) in [5, 5.41) is 3.89. The van der Waals surface area contributed by atoms with Crippen LogP contribution in [0.25, 0.3) is 11.4 Å². The zero-order valence-corrected chi connectivity index (χ0v) is 12.3. The van der Waals surface area contributed by atoms with Crippen molar-refractivity contribution in [3.63, 3.8) is 0 Å². The van der Waals surface area contributed by atoms with Crippen LogP contribution in [0.15, 0.2) is 26.0 Å². The van der Waals surface area contributed by atoms with Crippen LogP contribution in [-0.2, 0) is 6.54 Å². The summed E-state index contributed by atoms with van der Waals surface area (Å²) in [4.78, 5) is 5.20. The topological polar surface area (TPSA) is 74.2 Å². The fraction of sp³-hybridized carbons (Fsp3) is 0.273. The van der Waals surface area contributed by atoms with Gasteiger partial charge in [0.15, 0.2) is 0 Å². The van der Waals surface area contributed by atoms with Crippen molar-refractivity contribution in [3.05, 3.63) is 22.5 Å². The van der Waals surface area contributed by atoms with Crippen molar-refractivity contribution in [2.45, 2.75) is 11.4 Å². The predicted molar refractivity (Wildman–Crippen MR) is 73.7 cm³/mol. The third-order valence-corrected chi connectivity index (χ3v) is 3.67. The molecule has 0 unspecified atom stereocenters. The molecule has 7 heteroatoms. The molecule has 0 saturated carbocycles. The monoisotopic (exact) mass is 329 g/mol. The molecule has 2 aromatic rings. The molecule has 1 aromatic carbocycles. The Morgan fingerprint density at radius 3 is 2.83 bits per heavy atom. The molecule has 0 fully saturated rings. The summed E-state index contributed by atoms with van der Waals surface area (Å²) >= 11 is 5.06. The van der Waals surface area contributed by atoms with Crippen molar-refractivity contribution in [1.82, 2.24) is 10.1 Å². The summed E-state index contributed by atoms with van der Waals surface area (Å²) in [5.74, 6) is 1.74. The van der Waals surface area contributed by atoms with Crippen molar-refractivity contribution in [1.29, 1.82) is 0 Å². The molecule has 0 saturated heterocycles. The lowest BCUT2D eigenvalue weighted by molar-refractivity contribution is 0.380. The highest BCUT2D eigenvalue weighted by Gasteiger charge is 2.14. The fourth-order valence-corrected chi connectivity index (χ4v) is 2.88. The van der Waals surface area contributed by atoms with Crippen molar-refractivity contribution < 1.29 is 9.26 Å². The first kappa shape index (κ1) is 13.4. The van der Waals surface area contributed by atoms with Crippen LogP contribution in [0.2, 0.25) is 0 Å². The smallest absolute Gasteiger partial charge is 0.240 e. The first-order valence-corrected chi connectivity index (χ1v) is 7.16. The zero-order chi connectivity index (χ0) is 13.1. The molecule has 0 aliphatic rings. The molecule has 0 spiro atoms. The highest BCUT2D eigenvalue weighted by atomic mass is 79.9. The molecule has 18 heavy (non-hydrogen) atoms. The normalized spacial score (nSPS) is 10.7. The maximum absolute atomic E-state index is 5.44. The second kappa shape index (κ2) is 5.73. The summed E-state index contributed by atoms with van der Waals surface area (Å²) in [5.41, 5.74) is 6.30. The predicted octanol–water partition coefficient (Wildman–Crippen LogP) is 2.69. The van der Waals surface area contributed by atoms with Crippen LogP contribution in [0.3, 0.4) is 0 Å². The van der Waals surface area contributed by atoms with E-state index in [-0.39, 0.29) is 6.54 Å². The van der Waals surface area contributed by atoms with E-state index in [4.69, 9.17) is 15.0 Å². The summed E-state index contributed by atoms with van der Waals surface area (Å²) in [6.45, 7) is 0.236. The lowest BCUT2D eigenvalue weighted by atomic mass is 10.2. The first-order chi connectivity index (χ1) is 8.69. The van der Waals surface area contributed by atoms with E-state index in [0.29, 0.717) is 11.7 Å². The highest BCUT2D eigenvalue weighted by molar-refractivity contribution is 9.10. The number of ether oxygens (including phenoxy) is 1. The van der Waals surface area contributed by atoms with Crippen LogP contribution in [0.1, 0.15) is 5.89 Å². The minimum Gasteiger partial charge on any atom is -0.494 e. The minimum atomic E-state index is 0.236. The van der Waals surface area contributed by atoms with Gasteiger partial charge in [0.2, 0.25) is 11.7 Å². The Bertz CT molecular complexity index is 559. The van der Waals surface area contributed by atoms with Gasteiger partial charge >= 0.3 is 0 Å². The Labute approximate surface area is 117 Å². The third kappa shape index (κ3) is 2.52. The third-order valence-electron chi connectivity index (χ3n) is 2.33. The zero-order valence-electron chi connectivity index (χ0n) is 9.94. The van der Waals surface area contributed by atoms with Crippen molar-refractivity contribution in [2.75, 3.05) is 13.4 Å². The second-order valence-electron chi connectivity index (χ2n) is 3.41. The van der Waals surface area contributed by atoms with E-state index in [1.54, 1.807) is 18.9 Å². The van der Waals surface area contributed by atoms with E-state index < -0.39 is 0 Å². The van der Waals surface area contributed by atoms with E-state index in [2.05, 4.69) is 26.1 Å². The second-order valence-corrected chi connectivity index (χ2v) is 5.11. The van der Waals surface area contributed by atoms with Gasteiger partial charge in [0, 0.05) is 5.56 Å². The van der Waals surface area contributed by atoms with Crippen LogP contribution >= 0.6 is 27.7 Å². The summed E-state index contributed by atoms with van der Waals surface area (Å²) in [6.07, 6.45) is 1.98. The number of benzene rings is 1. The molecule has 0 atom stereocenters. The Balaban J connectivity index is 2.48. The van der Waals surface area contributed by atoms with Gasteiger partial charge in [-0.05, 0) is 34.3 Å². The van der Waals surface area contributed by atoms with E-state index in [0.717, 1.165) is 20.7 Å². The maximum atomic E-state index is 5.44. The molecule has 0 aliphatic heterocycles. The molecule has 2 N–H and O–H groups in total. The van der Waals surface area contributed by atoms with E-state index >= 15 is 0 Å². The lowest BCUT2D eigenvalue weighted by Crippen LogP contribution is -1.95. The molecule has 96 valence electrons. The van der Waals surface area contributed by atoms with Crippen molar-refractivity contribution in [2.24, 2.45) is 5.73 Å².